The van der Waals surface area contributed by atoms with Gasteiger partial charge in [-0.2, -0.15) is 0 Å². The number of alkyl halides is 1. The number of halogens is 1. The second-order valence-corrected chi connectivity index (χ2v) is 4.49. The van der Waals surface area contributed by atoms with Crippen LogP contribution in [0.1, 0.15) is 26.3 Å². The van der Waals surface area contributed by atoms with Crippen LogP contribution in [-0.2, 0) is 6.42 Å². The Balaban J connectivity index is 2.43. The number of carbonyl (C=O) groups is 2. The fourth-order valence-corrected chi connectivity index (χ4v) is 2.00. The molecule has 4 nitrogen and oxygen atoms in total. The Morgan fingerprint density at radius 2 is 1.78 bits per heavy atom. The van der Waals surface area contributed by atoms with Gasteiger partial charge in [-0.1, -0.05) is 29.8 Å². The van der Waals surface area contributed by atoms with E-state index in [0.717, 1.165) is 0 Å². The lowest BCUT2D eigenvalue weighted by molar-refractivity contribution is 0.0690. The maximum absolute atomic E-state index is 11.8. The fraction of sp³-hybridized carbons (Fsp3) is 0.231. The van der Waals surface area contributed by atoms with Crippen LogP contribution in [0.2, 0.25) is 0 Å². The largest absolute Gasteiger partial charge is 0.389 e. The van der Waals surface area contributed by atoms with Crippen molar-refractivity contribution in [2.75, 3.05) is 0 Å². The molecule has 2 rings (SSSR count). The van der Waals surface area contributed by atoms with Gasteiger partial charge < -0.3 is 10.2 Å². The molecule has 0 saturated heterocycles. The minimum atomic E-state index is -1.41. The first-order valence-corrected chi connectivity index (χ1v) is 5.83. The third-order valence-electron chi connectivity index (χ3n) is 2.80. The van der Waals surface area contributed by atoms with Crippen molar-refractivity contribution in [1.29, 1.82) is 0 Å². The van der Waals surface area contributed by atoms with E-state index in [4.69, 9.17) is 16.7 Å². The summed E-state index contributed by atoms with van der Waals surface area (Å²) in [5.41, 5.74) is -0.314. The lowest BCUT2D eigenvalue weighted by atomic mass is 9.88. The van der Waals surface area contributed by atoms with Crippen LogP contribution in [0.4, 0.5) is 0 Å². The summed E-state index contributed by atoms with van der Waals surface area (Å²) in [6.45, 7) is 0. The van der Waals surface area contributed by atoms with Gasteiger partial charge in [0.1, 0.15) is 0 Å². The molecule has 0 bridgehead atoms. The lowest BCUT2D eigenvalue weighted by Gasteiger charge is -2.17. The molecule has 1 aliphatic rings. The number of ketones is 2. The van der Waals surface area contributed by atoms with Crippen molar-refractivity contribution >= 4 is 23.2 Å². The molecule has 5 heteroatoms. The van der Waals surface area contributed by atoms with Gasteiger partial charge in [-0.15, -0.1) is 0 Å². The van der Waals surface area contributed by atoms with Gasteiger partial charge in [-0.25, -0.2) is 0 Å². The standard InChI is InChI=1S/C13H11ClO4/c14-13(18)11(17)6-7-2-1-3-8-9(15)4-5-10(16)12(7)8/h1-5,11,13,17-18H,6H2. The molecule has 1 aromatic carbocycles. The smallest absolute Gasteiger partial charge is 0.186 e. The normalized spacial score (nSPS) is 17.5. The average molecular weight is 267 g/mol. The highest BCUT2D eigenvalue weighted by Gasteiger charge is 2.24. The molecule has 2 N–H and O–H groups in total. The van der Waals surface area contributed by atoms with E-state index in [9.17, 15) is 14.7 Å². The van der Waals surface area contributed by atoms with E-state index < -0.39 is 11.7 Å². The minimum absolute atomic E-state index is 0.0146. The minimum Gasteiger partial charge on any atom is -0.389 e. The van der Waals surface area contributed by atoms with E-state index in [0.29, 0.717) is 11.1 Å². The molecule has 0 amide bonds. The molecular formula is C13H11ClO4. The molecule has 0 aliphatic heterocycles. The van der Waals surface area contributed by atoms with Gasteiger partial charge in [-0.05, 0) is 17.7 Å². The maximum Gasteiger partial charge on any atom is 0.186 e. The molecule has 2 atom stereocenters. The van der Waals surface area contributed by atoms with Crippen molar-refractivity contribution in [2.24, 2.45) is 0 Å². The number of fused-ring (bicyclic) bond motifs is 1. The first-order valence-electron chi connectivity index (χ1n) is 5.39. The summed E-state index contributed by atoms with van der Waals surface area (Å²) in [7, 11) is 0. The van der Waals surface area contributed by atoms with E-state index in [1.807, 2.05) is 0 Å². The van der Waals surface area contributed by atoms with Crippen molar-refractivity contribution < 1.29 is 19.8 Å². The van der Waals surface area contributed by atoms with Crippen LogP contribution in [0.3, 0.4) is 0 Å². The summed E-state index contributed by atoms with van der Waals surface area (Å²) >= 11 is 5.37. The molecule has 2 unspecified atom stereocenters. The van der Waals surface area contributed by atoms with E-state index in [1.165, 1.54) is 12.2 Å². The zero-order valence-electron chi connectivity index (χ0n) is 9.34. The van der Waals surface area contributed by atoms with Crippen LogP contribution < -0.4 is 0 Å². The van der Waals surface area contributed by atoms with Gasteiger partial charge in [0.25, 0.3) is 0 Å². The highest BCUT2D eigenvalue weighted by molar-refractivity contribution is 6.22. The summed E-state index contributed by atoms with van der Waals surface area (Å²) in [4.78, 5) is 23.4. The lowest BCUT2D eigenvalue weighted by Crippen LogP contribution is -2.25. The van der Waals surface area contributed by atoms with Gasteiger partial charge >= 0.3 is 0 Å². The zero-order chi connectivity index (χ0) is 13.3. The Hall–Kier alpha value is -1.49. The maximum atomic E-state index is 11.8. The first-order chi connectivity index (χ1) is 8.50. The Bertz CT molecular complexity index is 534. The van der Waals surface area contributed by atoms with Gasteiger partial charge in [0, 0.05) is 17.5 Å². The van der Waals surface area contributed by atoms with Crippen LogP contribution in [0, 0.1) is 0 Å². The highest BCUT2D eigenvalue weighted by Crippen LogP contribution is 2.23. The molecule has 0 saturated carbocycles. The summed E-state index contributed by atoms with van der Waals surface area (Å²) < 4.78 is 0. The summed E-state index contributed by atoms with van der Waals surface area (Å²) in [6, 6.07) is 4.82. The number of hydrogen-bond acceptors (Lipinski definition) is 4. The number of aliphatic hydroxyl groups excluding tert-OH is 2. The Kier molecular flexibility index (Phi) is 3.61. The molecule has 0 radical (unpaired) electrons. The van der Waals surface area contributed by atoms with Crippen molar-refractivity contribution in [1.82, 2.24) is 0 Å². The molecule has 0 fully saturated rings. The molecule has 0 aromatic heterocycles. The molecule has 1 aromatic rings. The van der Waals surface area contributed by atoms with Crippen LogP contribution in [0.25, 0.3) is 0 Å². The average Bonchev–Trinajstić information content (AvgIpc) is 2.34. The number of hydrogen-bond donors (Lipinski definition) is 2. The quantitative estimate of drug-likeness (QED) is 0.803. The van der Waals surface area contributed by atoms with Gasteiger partial charge in [0.05, 0.1) is 6.10 Å². The van der Waals surface area contributed by atoms with Crippen LogP contribution in [0.5, 0.6) is 0 Å². The van der Waals surface area contributed by atoms with E-state index in [2.05, 4.69) is 0 Å². The molecule has 0 heterocycles. The number of aliphatic hydroxyl groups is 2. The second kappa shape index (κ2) is 5.02. The van der Waals surface area contributed by atoms with Crippen LogP contribution >= 0.6 is 11.6 Å². The summed E-state index contributed by atoms with van der Waals surface area (Å²) in [5.74, 6) is -0.524. The molecule has 0 spiro atoms. The zero-order valence-corrected chi connectivity index (χ0v) is 10.1. The number of carbonyl (C=O) groups excluding carboxylic acids is 2. The van der Waals surface area contributed by atoms with Crippen molar-refractivity contribution in [3.05, 3.63) is 47.0 Å². The predicted molar refractivity (Wildman–Crippen MR) is 65.8 cm³/mol. The van der Waals surface area contributed by atoms with Crippen molar-refractivity contribution in [3.63, 3.8) is 0 Å². The molecule has 94 valence electrons. The van der Waals surface area contributed by atoms with Crippen LogP contribution in [-0.4, -0.2) is 33.4 Å². The number of allylic oxidation sites excluding steroid dienone is 2. The number of rotatable bonds is 3. The third kappa shape index (κ3) is 2.36. The molecule has 18 heavy (non-hydrogen) atoms. The molecular weight excluding hydrogens is 256 g/mol. The van der Waals surface area contributed by atoms with Gasteiger partial charge in [0.2, 0.25) is 0 Å². The Morgan fingerprint density at radius 1 is 1.11 bits per heavy atom. The highest BCUT2D eigenvalue weighted by atomic mass is 35.5. The van der Waals surface area contributed by atoms with Crippen molar-refractivity contribution in [2.45, 2.75) is 18.1 Å². The van der Waals surface area contributed by atoms with Gasteiger partial charge in [-0.3, -0.25) is 9.59 Å². The Morgan fingerprint density at radius 3 is 2.44 bits per heavy atom. The summed E-state index contributed by atoms with van der Waals surface area (Å²) in [5, 5.41) is 18.6. The van der Waals surface area contributed by atoms with E-state index in [1.54, 1.807) is 18.2 Å². The fourth-order valence-electron chi connectivity index (χ4n) is 1.91. The first kappa shape index (κ1) is 13.0. The monoisotopic (exact) mass is 266 g/mol. The van der Waals surface area contributed by atoms with Gasteiger partial charge in [0.15, 0.2) is 17.1 Å². The van der Waals surface area contributed by atoms with Crippen molar-refractivity contribution in [3.8, 4) is 0 Å². The summed E-state index contributed by atoms with van der Waals surface area (Å²) in [6.07, 6.45) is 1.26. The Labute approximate surface area is 109 Å². The SMILES string of the molecule is O=C1C=CC(=O)c2c(CC(O)C(O)Cl)cccc21. The second-order valence-electron chi connectivity index (χ2n) is 4.05. The van der Waals surface area contributed by atoms with E-state index in [-0.39, 0.29) is 23.6 Å². The third-order valence-corrected chi connectivity index (χ3v) is 3.09. The van der Waals surface area contributed by atoms with Crippen LogP contribution in [0.15, 0.2) is 30.4 Å². The van der Waals surface area contributed by atoms with E-state index >= 15 is 0 Å². The predicted octanol–water partition coefficient (Wildman–Crippen LogP) is 1.08. The topological polar surface area (TPSA) is 74.6 Å². The number of benzene rings is 1. The molecule has 1 aliphatic carbocycles.